The van der Waals surface area contributed by atoms with E-state index in [1.807, 2.05) is 29.6 Å². The quantitative estimate of drug-likeness (QED) is 0.604. The number of aromatic amines is 1. The second-order valence-electron chi connectivity index (χ2n) is 5.42. The van der Waals surface area contributed by atoms with Gasteiger partial charge in [-0.05, 0) is 35.2 Å². The highest BCUT2D eigenvalue weighted by Gasteiger charge is 2.10. The molecule has 1 aromatic carbocycles. The molecule has 0 aliphatic rings. The molecule has 2 N–H and O–H groups in total. The van der Waals surface area contributed by atoms with Crippen molar-refractivity contribution >= 4 is 38.2 Å². The summed E-state index contributed by atoms with van der Waals surface area (Å²) < 4.78 is 0.941. The zero-order valence-electron chi connectivity index (χ0n) is 12.6. The van der Waals surface area contributed by atoms with Crippen molar-refractivity contribution < 1.29 is 4.79 Å². The molecule has 4 aromatic rings. The Morgan fingerprint density at radius 1 is 1.21 bits per heavy atom. The van der Waals surface area contributed by atoms with Crippen molar-refractivity contribution in [2.45, 2.75) is 6.54 Å². The molecular weight excluding hydrogens is 322 g/mol. The number of nitrogens with one attached hydrogen (secondary N) is 2. The highest BCUT2D eigenvalue weighted by Crippen LogP contribution is 2.26. The number of benzene rings is 1. The summed E-state index contributed by atoms with van der Waals surface area (Å²) in [5.74, 6) is -0.187. The van der Waals surface area contributed by atoms with Gasteiger partial charge in [0.25, 0.3) is 11.5 Å². The lowest BCUT2D eigenvalue weighted by Crippen LogP contribution is -2.22. The molecule has 0 unspecified atom stereocenters. The number of rotatable bonds is 3. The largest absolute Gasteiger partial charge is 0.348 e. The minimum atomic E-state index is -0.187. The molecule has 0 aliphatic heterocycles. The molecule has 6 heteroatoms. The van der Waals surface area contributed by atoms with E-state index >= 15 is 0 Å². The highest BCUT2D eigenvalue weighted by molar-refractivity contribution is 7.18. The highest BCUT2D eigenvalue weighted by atomic mass is 32.1. The third kappa shape index (κ3) is 2.57. The Morgan fingerprint density at radius 3 is 2.96 bits per heavy atom. The smallest absolute Gasteiger partial charge is 0.257 e. The number of nitrogens with zero attached hydrogens (tertiary/aromatic N) is 1. The Labute approximate surface area is 141 Å². The molecule has 4 rings (SSSR count). The summed E-state index contributed by atoms with van der Waals surface area (Å²) in [5, 5.41) is 6.38. The number of aromatic nitrogens is 2. The van der Waals surface area contributed by atoms with Gasteiger partial charge in [-0.25, -0.2) is 0 Å². The zero-order valence-corrected chi connectivity index (χ0v) is 13.4. The van der Waals surface area contributed by atoms with Crippen molar-refractivity contribution in [1.82, 2.24) is 15.3 Å². The molecule has 1 amide bonds. The SMILES string of the molecule is O=C(NCc1cccnc1)c1ccc2c(c1)[nH]c(=O)c1ccsc12. The van der Waals surface area contributed by atoms with Crippen LogP contribution in [0.1, 0.15) is 15.9 Å². The zero-order chi connectivity index (χ0) is 16.5. The van der Waals surface area contributed by atoms with Crippen molar-refractivity contribution in [2.75, 3.05) is 0 Å². The summed E-state index contributed by atoms with van der Waals surface area (Å²) >= 11 is 1.53. The topological polar surface area (TPSA) is 74.8 Å². The van der Waals surface area contributed by atoms with Gasteiger partial charge >= 0.3 is 0 Å². The van der Waals surface area contributed by atoms with Crippen LogP contribution in [0.2, 0.25) is 0 Å². The number of carbonyl (C=O) groups is 1. The van der Waals surface area contributed by atoms with Gasteiger partial charge in [0.2, 0.25) is 0 Å². The monoisotopic (exact) mass is 335 g/mol. The molecule has 3 aromatic heterocycles. The van der Waals surface area contributed by atoms with Gasteiger partial charge in [0.05, 0.1) is 10.9 Å². The van der Waals surface area contributed by atoms with E-state index in [0.717, 1.165) is 15.6 Å². The number of hydrogen-bond acceptors (Lipinski definition) is 4. The summed E-state index contributed by atoms with van der Waals surface area (Å²) in [6, 6.07) is 10.9. The van der Waals surface area contributed by atoms with Crippen LogP contribution in [0.5, 0.6) is 0 Å². The second-order valence-corrected chi connectivity index (χ2v) is 6.34. The maximum atomic E-state index is 12.3. The van der Waals surface area contributed by atoms with E-state index in [1.54, 1.807) is 24.5 Å². The summed E-state index contributed by atoms with van der Waals surface area (Å²) in [5.41, 5.74) is 1.98. The molecule has 5 nitrogen and oxygen atoms in total. The van der Waals surface area contributed by atoms with E-state index in [1.165, 1.54) is 11.3 Å². The predicted molar refractivity (Wildman–Crippen MR) is 95.4 cm³/mol. The maximum Gasteiger partial charge on any atom is 0.257 e. The predicted octanol–water partition coefficient (Wildman–Crippen LogP) is 3.07. The van der Waals surface area contributed by atoms with Crippen LogP contribution in [0.4, 0.5) is 0 Å². The molecule has 0 saturated heterocycles. The van der Waals surface area contributed by atoms with Crippen molar-refractivity contribution in [3.05, 3.63) is 75.7 Å². The van der Waals surface area contributed by atoms with E-state index < -0.39 is 0 Å². The van der Waals surface area contributed by atoms with Gasteiger partial charge in [-0.1, -0.05) is 12.1 Å². The molecule has 118 valence electrons. The number of amides is 1. The van der Waals surface area contributed by atoms with Gasteiger partial charge in [0.15, 0.2) is 0 Å². The van der Waals surface area contributed by atoms with E-state index in [2.05, 4.69) is 15.3 Å². The lowest BCUT2D eigenvalue weighted by atomic mass is 10.1. The average molecular weight is 335 g/mol. The van der Waals surface area contributed by atoms with Crippen molar-refractivity contribution in [2.24, 2.45) is 0 Å². The molecule has 0 bridgehead atoms. The van der Waals surface area contributed by atoms with Crippen LogP contribution in [0.3, 0.4) is 0 Å². The Bertz CT molecular complexity index is 1100. The van der Waals surface area contributed by atoms with Gasteiger partial charge in [0, 0.05) is 34.6 Å². The average Bonchev–Trinajstić information content (AvgIpc) is 3.11. The van der Waals surface area contributed by atoms with Gasteiger partial charge in [-0.15, -0.1) is 11.3 Å². The fourth-order valence-corrected chi connectivity index (χ4v) is 3.59. The van der Waals surface area contributed by atoms with Crippen LogP contribution in [-0.2, 0) is 6.54 Å². The van der Waals surface area contributed by atoms with Crippen LogP contribution >= 0.6 is 11.3 Å². The maximum absolute atomic E-state index is 12.3. The van der Waals surface area contributed by atoms with E-state index in [4.69, 9.17) is 0 Å². The number of hydrogen-bond donors (Lipinski definition) is 2. The fraction of sp³-hybridized carbons (Fsp3) is 0.0556. The fourth-order valence-electron chi connectivity index (χ4n) is 2.66. The van der Waals surface area contributed by atoms with Gasteiger partial charge in [0.1, 0.15) is 0 Å². The number of carbonyl (C=O) groups excluding carboxylic acids is 1. The first-order valence-electron chi connectivity index (χ1n) is 7.43. The first-order chi connectivity index (χ1) is 11.7. The number of H-pyrrole nitrogens is 1. The molecule has 0 radical (unpaired) electrons. The van der Waals surface area contributed by atoms with Crippen LogP contribution < -0.4 is 10.9 Å². The first kappa shape index (κ1) is 14.6. The van der Waals surface area contributed by atoms with Crippen LogP contribution in [-0.4, -0.2) is 15.9 Å². The third-order valence-electron chi connectivity index (χ3n) is 3.86. The summed E-state index contributed by atoms with van der Waals surface area (Å²) in [4.78, 5) is 31.3. The van der Waals surface area contributed by atoms with Crippen LogP contribution in [0.15, 0.2) is 59.0 Å². The summed E-state index contributed by atoms with van der Waals surface area (Å²) in [6.07, 6.45) is 3.40. The van der Waals surface area contributed by atoms with Crippen LogP contribution in [0, 0.1) is 0 Å². The molecular formula is C18H13N3O2S. The number of pyridine rings is 2. The van der Waals surface area contributed by atoms with Crippen molar-refractivity contribution in [3.8, 4) is 0 Å². The lowest BCUT2D eigenvalue weighted by Gasteiger charge is -2.07. The Hall–Kier alpha value is -2.99. The van der Waals surface area contributed by atoms with E-state index in [9.17, 15) is 9.59 Å². The number of thiophene rings is 1. The lowest BCUT2D eigenvalue weighted by molar-refractivity contribution is 0.0951. The summed E-state index contributed by atoms with van der Waals surface area (Å²) in [6.45, 7) is 0.408. The normalized spacial score (nSPS) is 11.0. The molecule has 0 aliphatic carbocycles. The Balaban J connectivity index is 1.66. The van der Waals surface area contributed by atoms with E-state index in [-0.39, 0.29) is 11.5 Å². The minimum absolute atomic E-state index is 0.133. The van der Waals surface area contributed by atoms with Crippen LogP contribution in [0.25, 0.3) is 21.0 Å². The molecule has 0 atom stereocenters. The van der Waals surface area contributed by atoms with E-state index in [0.29, 0.717) is 23.0 Å². The van der Waals surface area contributed by atoms with Crippen molar-refractivity contribution in [1.29, 1.82) is 0 Å². The van der Waals surface area contributed by atoms with Gasteiger partial charge in [-0.3, -0.25) is 14.6 Å². The van der Waals surface area contributed by atoms with Gasteiger partial charge in [-0.2, -0.15) is 0 Å². The molecule has 24 heavy (non-hydrogen) atoms. The van der Waals surface area contributed by atoms with Gasteiger partial charge < -0.3 is 10.3 Å². The van der Waals surface area contributed by atoms with Crippen molar-refractivity contribution in [3.63, 3.8) is 0 Å². The third-order valence-corrected chi connectivity index (χ3v) is 4.81. The number of fused-ring (bicyclic) bond motifs is 3. The first-order valence-corrected chi connectivity index (χ1v) is 8.31. The minimum Gasteiger partial charge on any atom is -0.348 e. The molecule has 0 fully saturated rings. The Kier molecular flexibility index (Phi) is 3.59. The Morgan fingerprint density at radius 2 is 2.12 bits per heavy atom. The molecule has 0 spiro atoms. The molecule has 0 saturated carbocycles. The molecule has 3 heterocycles. The second kappa shape index (κ2) is 5.90. The standard InChI is InChI=1S/C18H13N3O2S/c22-17(20-10-11-2-1-6-19-9-11)12-3-4-13-15(8-12)21-18(23)14-5-7-24-16(13)14/h1-9H,10H2,(H,20,22)(H,21,23). The summed E-state index contributed by atoms with van der Waals surface area (Å²) in [7, 11) is 0.